The van der Waals surface area contributed by atoms with Crippen LogP contribution in [0.1, 0.15) is 10.5 Å². The van der Waals surface area contributed by atoms with E-state index in [1.807, 2.05) is 54.6 Å². The minimum absolute atomic E-state index is 0.207. The number of benzene rings is 2. The van der Waals surface area contributed by atoms with E-state index in [1.165, 1.54) is 6.20 Å². The molecular formula is C18H15BrN4O. The molecule has 0 aliphatic carbocycles. The van der Waals surface area contributed by atoms with E-state index in [0.29, 0.717) is 11.5 Å². The number of rotatable bonds is 4. The lowest BCUT2D eigenvalue weighted by Crippen LogP contribution is -2.27. The van der Waals surface area contributed by atoms with Crippen LogP contribution in [0.25, 0.3) is 0 Å². The molecule has 0 aliphatic heterocycles. The average Bonchev–Trinajstić information content (AvgIpc) is 2.64. The molecule has 120 valence electrons. The number of anilines is 3. The summed E-state index contributed by atoms with van der Waals surface area (Å²) < 4.78 is 0.927. The zero-order valence-corrected chi connectivity index (χ0v) is 14.6. The van der Waals surface area contributed by atoms with Gasteiger partial charge in [0.15, 0.2) is 0 Å². The maximum Gasteiger partial charge on any atom is 0.278 e. The van der Waals surface area contributed by atoms with Crippen molar-refractivity contribution >= 4 is 39.0 Å². The van der Waals surface area contributed by atoms with Crippen LogP contribution < -0.4 is 10.2 Å². The number of aromatic nitrogens is 2. The number of nitrogens with zero attached hydrogens (tertiary/aromatic N) is 3. The number of hydrogen-bond acceptors (Lipinski definition) is 4. The SMILES string of the molecule is CN(C(=O)c1cnc(Nc2ccccc2Br)cn1)c1ccccc1. The lowest BCUT2D eigenvalue weighted by molar-refractivity contribution is 0.0988. The van der Waals surface area contributed by atoms with Crippen molar-refractivity contribution in [1.82, 2.24) is 9.97 Å². The summed E-state index contributed by atoms with van der Waals surface area (Å²) in [6.07, 6.45) is 3.02. The van der Waals surface area contributed by atoms with E-state index in [-0.39, 0.29) is 5.91 Å². The zero-order valence-electron chi connectivity index (χ0n) is 13.0. The summed E-state index contributed by atoms with van der Waals surface area (Å²) in [7, 11) is 1.71. The van der Waals surface area contributed by atoms with E-state index in [2.05, 4.69) is 31.2 Å². The second-order valence-corrected chi connectivity index (χ2v) is 5.95. The molecule has 1 N–H and O–H groups in total. The predicted octanol–water partition coefficient (Wildman–Crippen LogP) is 4.26. The quantitative estimate of drug-likeness (QED) is 0.732. The van der Waals surface area contributed by atoms with Gasteiger partial charge in [-0.2, -0.15) is 0 Å². The normalized spacial score (nSPS) is 10.2. The van der Waals surface area contributed by atoms with E-state index in [9.17, 15) is 4.79 Å². The maximum absolute atomic E-state index is 12.5. The summed E-state index contributed by atoms with van der Waals surface area (Å²) >= 11 is 3.46. The molecule has 1 amide bonds. The Morgan fingerprint density at radius 1 is 1.00 bits per heavy atom. The van der Waals surface area contributed by atoms with Gasteiger partial charge >= 0.3 is 0 Å². The van der Waals surface area contributed by atoms with Gasteiger partial charge in [0.1, 0.15) is 11.5 Å². The molecule has 0 bridgehead atoms. The van der Waals surface area contributed by atoms with E-state index in [1.54, 1.807) is 18.1 Å². The number of carbonyl (C=O) groups is 1. The molecule has 3 aromatic rings. The van der Waals surface area contributed by atoms with Gasteiger partial charge in [0.2, 0.25) is 0 Å². The molecule has 0 atom stereocenters. The lowest BCUT2D eigenvalue weighted by Gasteiger charge is -2.16. The molecule has 1 aromatic heterocycles. The number of nitrogens with one attached hydrogen (secondary N) is 1. The van der Waals surface area contributed by atoms with Gasteiger partial charge in [-0.15, -0.1) is 0 Å². The van der Waals surface area contributed by atoms with Gasteiger partial charge in [0, 0.05) is 17.2 Å². The molecule has 0 radical (unpaired) electrons. The fourth-order valence-corrected chi connectivity index (χ4v) is 2.53. The molecule has 0 spiro atoms. The number of hydrogen-bond donors (Lipinski definition) is 1. The molecule has 0 unspecified atom stereocenters. The van der Waals surface area contributed by atoms with Crippen LogP contribution in [-0.4, -0.2) is 22.9 Å². The molecule has 24 heavy (non-hydrogen) atoms. The van der Waals surface area contributed by atoms with Crippen LogP contribution in [0.3, 0.4) is 0 Å². The van der Waals surface area contributed by atoms with Crippen LogP contribution in [0, 0.1) is 0 Å². The van der Waals surface area contributed by atoms with Crippen molar-refractivity contribution in [3.63, 3.8) is 0 Å². The first kappa shape index (κ1) is 16.1. The Kier molecular flexibility index (Phi) is 4.86. The highest BCUT2D eigenvalue weighted by Crippen LogP contribution is 2.24. The first-order valence-electron chi connectivity index (χ1n) is 7.32. The van der Waals surface area contributed by atoms with E-state index >= 15 is 0 Å². The third kappa shape index (κ3) is 3.60. The van der Waals surface area contributed by atoms with Gasteiger partial charge in [0.25, 0.3) is 5.91 Å². The van der Waals surface area contributed by atoms with E-state index in [0.717, 1.165) is 15.8 Å². The zero-order chi connectivity index (χ0) is 16.9. The summed E-state index contributed by atoms with van der Waals surface area (Å²) in [4.78, 5) is 22.5. The third-order valence-corrected chi connectivity index (χ3v) is 4.15. The van der Waals surface area contributed by atoms with Gasteiger partial charge in [-0.05, 0) is 40.2 Å². The van der Waals surface area contributed by atoms with Gasteiger partial charge in [-0.1, -0.05) is 30.3 Å². The van der Waals surface area contributed by atoms with Crippen molar-refractivity contribution in [2.45, 2.75) is 0 Å². The molecule has 0 fully saturated rings. The average molecular weight is 383 g/mol. The highest BCUT2D eigenvalue weighted by molar-refractivity contribution is 9.10. The van der Waals surface area contributed by atoms with Crippen molar-refractivity contribution in [3.8, 4) is 0 Å². The second-order valence-electron chi connectivity index (χ2n) is 5.09. The van der Waals surface area contributed by atoms with Gasteiger partial charge in [-0.3, -0.25) is 4.79 Å². The summed E-state index contributed by atoms with van der Waals surface area (Å²) in [6, 6.07) is 17.1. The minimum Gasteiger partial charge on any atom is -0.338 e. The van der Waals surface area contributed by atoms with E-state index < -0.39 is 0 Å². The van der Waals surface area contributed by atoms with Crippen molar-refractivity contribution in [2.24, 2.45) is 0 Å². The van der Waals surface area contributed by atoms with Crippen molar-refractivity contribution < 1.29 is 4.79 Å². The topological polar surface area (TPSA) is 58.1 Å². The molecular weight excluding hydrogens is 368 g/mol. The predicted molar refractivity (Wildman–Crippen MR) is 98.6 cm³/mol. The summed E-state index contributed by atoms with van der Waals surface area (Å²) in [5, 5.41) is 3.15. The number of para-hydroxylation sites is 2. The van der Waals surface area contributed by atoms with E-state index in [4.69, 9.17) is 0 Å². The number of halogens is 1. The van der Waals surface area contributed by atoms with Gasteiger partial charge in [0.05, 0.1) is 18.1 Å². The van der Waals surface area contributed by atoms with Crippen molar-refractivity contribution in [3.05, 3.63) is 77.2 Å². The standard InChI is InChI=1S/C18H15BrN4O/c1-23(13-7-3-2-4-8-13)18(24)16-11-21-17(12-20-16)22-15-10-6-5-9-14(15)19/h2-12H,1H3,(H,21,22). The molecule has 0 saturated heterocycles. The van der Waals surface area contributed by atoms with Crippen LogP contribution in [0.15, 0.2) is 71.5 Å². The highest BCUT2D eigenvalue weighted by Gasteiger charge is 2.15. The Labute approximate surface area is 148 Å². The van der Waals surface area contributed by atoms with Crippen LogP contribution in [-0.2, 0) is 0 Å². The van der Waals surface area contributed by atoms with Crippen molar-refractivity contribution in [1.29, 1.82) is 0 Å². The summed E-state index contributed by atoms with van der Waals surface area (Å²) in [6.45, 7) is 0. The van der Waals surface area contributed by atoms with Crippen LogP contribution >= 0.6 is 15.9 Å². The molecule has 1 heterocycles. The smallest absolute Gasteiger partial charge is 0.278 e. The molecule has 0 aliphatic rings. The number of carbonyl (C=O) groups excluding carboxylic acids is 1. The Bertz CT molecular complexity index is 837. The first-order chi connectivity index (χ1) is 11.6. The highest BCUT2D eigenvalue weighted by atomic mass is 79.9. The van der Waals surface area contributed by atoms with Crippen LogP contribution in [0.5, 0.6) is 0 Å². The summed E-state index contributed by atoms with van der Waals surface area (Å²) in [5.41, 5.74) is 1.98. The largest absolute Gasteiger partial charge is 0.338 e. The monoisotopic (exact) mass is 382 g/mol. The molecule has 3 rings (SSSR count). The molecule has 0 saturated carbocycles. The maximum atomic E-state index is 12.5. The molecule has 6 heteroatoms. The Balaban J connectivity index is 1.75. The third-order valence-electron chi connectivity index (χ3n) is 3.46. The fourth-order valence-electron chi connectivity index (χ4n) is 2.14. The Morgan fingerprint density at radius 2 is 1.71 bits per heavy atom. The Morgan fingerprint density at radius 3 is 2.38 bits per heavy atom. The second kappa shape index (κ2) is 7.23. The van der Waals surface area contributed by atoms with Gasteiger partial charge in [-0.25, -0.2) is 9.97 Å². The lowest BCUT2D eigenvalue weighted by atomic mass is 10.3. The van der Waals surface area contributed by atoms with Crippen molar-refractivity contribution in [2.75, 3.05) is 17.3 Å². The minimum atomic E-state index is -0.207. The molecule has 5 nitrogen and oxygen atoms in total. The van der Waals surface area contributed by atoms with Gasteiger partial charge < -0.3 is 10.2 Å². The van der Waals surface area contributed by atoms with Crippen LogP contribution in [0.4, 0.5) is 17.2 Å². The fraction of sp³-hybridized carbons (Fsp3) is 0.0556. The summed E-state index contributed by atoms with van der Waals surface area (Å²) in [5.74, 6) is 0.363. The molecule has 2 aromatic carbocycles. The van der Waals surface area contributed by atoms with Crippen LogP contribution in [0.2, 0.25) is 0 Å². The first-order valence-corrected chi connectivity index (χ1v) is 8.11. The Hall–Kier alpha value is -2.73. The number of amides is 1.